The third-order valence-electron chi connectivity index (χ3n) is 5.22. The van der Waals surface area contributed by atoms with Gasteiger partial charge in [-0.1, -0.05) is 11.6 Å². The molecule has 0 saturated heterocycles. The monoisotopic (exact) mass is 434 g/mol. The molecule has 0 unspecified atom stereocenters. The molecule has 5 nitrogen and oxygen atoms in total. The van der Waals surface area contributed by atoms with Crippen LogP contribution in [0.15, 0.2) is 66.7 Å². The zero-order valence-electron chi connectivity index (χ0n) is 17.2. The molecular formula is C25H23ClN2O3. The molecule has 3 aromatic rings. The number of aryl methyl sites for hydroxylation is 1. The number of nitrogens with one attached hydrogen (secondary N) is 1. The summed E-state index contributed by atoms with van der Waals surface area (Å²) in [6.45, 7) is 3.17. The van der Waals surface area contributed by atoms with Crippen LogP contribution in [0.2, 0.25) is 5.02 Å². The van der Waals surface area contributed by atoms with E-state index in [1.54, 1.807) is 35.2 Å². The number of anilines is 2. The molecule has 0 aliphatic carbocycles. The first kappa shape index (κ1) is 20.9. The number of nitrogens with zero attached hydrogens (tertiary/aromatic N) is 1. The van der Waals surface area contributed by atoms with Crippen molar-refractivity contribution in [2.75, 3.05) is 23.4 Å². The summed E-state index contributed by atoms with van der Waals surface area (Å²) in [4.78, 5) is 27.5. The van der Waals surface area contributed by atoms with Crippen LogP contribution in [0, 0.1) is 0 Å². The second-order valence-corrected chi connectivity index (χ2v) is 7.76. The van der Waals surface area contributed by atoms with Crippen LogP contribution < -0.4 is 15.0 Å². The molecule has 3 aromatic carbocycles. The fourth-order valence-electron chi connectivity index (χ4n) is 3.70. The predicted octanol–water partition coefficient (Wildman–Crippen LogP) is 5.58. The largest absolute Gasteiger partial charge is 0.494 e. The summed E-state index contributed by atoms with van der Waals surface area (Å²) in [7, 11) is 0. The minimum atomic E-state index is -0.187. The van der Waals surface area contributed by atoms with Gasteiger partial charge in [0.05, 0.1) is 6.61 Å². The van der Waals surface area contributed by atoms with Crippen molar-refractivity contribution in [3.63, 3.8) is 0 Å². The molecule has 1 aliphatic rings. The van der Waals surface area contributed by atoms with E-state index < -0.39 is 0 Å². The Kier molecular flexibility index (Phi) is 6.23. The molecule has 0 fully saturated rings. The van der Waals surface area contributed by atoms with Gasteiger partial charge < -0.3 is 15.0 Å². The summed E-state index contributed by atoms with van der Waals surface area (Å²) in [6.07, 6.45) is 1.67. The Hall–Kier alpha value is -3.31. The van der Waals surface area contributed by atoms with Crippen LogP contribution in [0.4, 0.5) is 11.4 Å². The van der Waals surface area contributed by atoms with Crippen molar-refractivity contribution < 1.29 is 14.3 Å². The van der Waals surface area contributed by atoms with Crippen LogP contribution in [0.5, 0.6) is 5.75 Å². The first-order chi connectivity index (χ1) is 15.0. The van der Waals surface area contributed by atoms with E-state index in [9.17, 15) is 9.59 Å². The van der Waals surface area contributed by atoms with E-state index in [1.807, 2.05) is 43.3 Å². The summed E-state index contributed by atoms with van der Waals surface area (Å²) in [5.41, 5.74) is 3.70. The van der Waals surface area contributed by atoms with Gasteiger partial charge in [-0.2, -0.15) is 0 Å². The van der Waals surface area contributed by atoms with Crippen LogP contribution in [0.25, 0.3) is 0 Å². The molecule has 0 radical (unpaired) electrons. The van der Waals surface area contributed by atoms with Gasteiger partial charge in [-0.25, -0.2) is 0 Å². The Morgan fingerprint density at radius 1 is 1.00 bits per heavy atom. The van der Waals surface area contributed by atoms with Crippen molar-refractivity contribution in [3.05, 3.63) is 88.4 Å². The molecule has 4 rings (SSSR count). The SMILES string of the molecule is CCOc1ccc(NC(=O)c2ccc3c(c2)CCCN3C(=O)c2ccc(Cl)cc2)cc1. The molecule has 0 bridgehead atoms. The van der Waals surface area contributed by atoms with E-state index >= 15 is 0 Å². The number of carbonyl (C=O) groups excluding carboxylic acids is 2. The summed E-state index contributed by atoms with van der Waals surface area (Å²) >= 11 is 5.94. The molecule has 6 heteroatoms. The number of fused-ring (bicyclic) bond motifs is 1. The van der Waals surface area contributed by atoms with Crippen molar-refractivity contribution in [2.24, 2.45) is 0 Å². The van der Waals surface area contributed by atoms with Crippen molar-refractivity contribution in [2.45, 2.75) is 19.8 Å². The van der Waals surface area contributed by atoms with Gasteiger partial charge in [0.15, 0.2) is 0 Å². The number of hydrogen-bond acceptors (Lipinski definition) is 3. The molecule has 1 heterocycles. The van der Waals surface area contributed by atoms with Crippen LogP contribution in [0.1, 0.15) is 39.6 Å². The van der Waals surface area contributed by atoms with Crippen molar-refractivity contribution in [1.82, 2.24) is 0 Å². The zero-order valence-corrected chi connectivity index (χ0v) is 18.0. The Bertz CT molecular complexity index is 1090. The van der Waals surface area contributed by atoms with Gasteiger partial charge in [-0.15, -0.1) is 0 Å². The van der Waals surface area contributed by atoms with E-state index in [1.165, 1.54) is 0 Å². The lowest BCUT2D eigenvalue weighted by molar-refractivity contribution is 0.0984. The fraction of sp³-hybridized carbons (Fsp3) is 0.200. The molecule has 1 aliphatic heterocycles. The van der Waals surface area contributed by atoms with Crippen LogP contribution >= 0.6 is 11.6 Å². The minimum absolute atomic E-state index is 0.0655. The predicted molar refractivity (Wildman–Crippen MR) is 123 cm³/mol. The van der Waals surface area contributed by atoms with Crippen LogP contribution in [-0.4, -0.2) is 25.0 Å². The molecule has 1 N–H and O–H groups in total. The Morgan fingerprint density at radius 3 is 2.42 bits per heavy atom. The maximum Gasteiger partial charge on any atom is 0.258 e. The summed E-state index contributed by atoms with van der Waals surface area (Å²) in [5, 5.41) is 3.51. The highest BCUT2D eigenvalue weighted by atomic mass is 35.5. The molecule has 158 valence electrons. The normalized spacial score (nSPS) is 12.8. The molecule has 0 spiro atoms. The molecule has 0 saturated carbocycles. The van der Waals surface area contributed by atoms with Gasteiger partial charge in [0.25, 0.3) is 11.8 Å². The summed E-state index contributed by atoms with van der Waals surface area (Å²) in [5.74, 6) is 0.511. The number of halogens is 1. The van der Waals surface area contributed by atoms with Gasteiger partial charge in [0, 0.05) is 34.1 Å². The molecular weight excluding hydrogens is 412 g/mol. The molecule has 31 heavy (non-hydrogen) atoms. The van der Waals surface area contributed by atoms with E-state index in [0.29, 0.717) is 35.0 Å². The average molecular weight is 435 g/mol. The quantitative estimate of drug-likeness (QED) is 0.570. The van der Waals surface area contributed by atoms with E-state index in [-0.39, 0.29) is 11.8 Å². The lowest BCUT2D eigenvalue weighted by Gasteiger charge is -2.30. The zero-order chi connectivity index (χ0) is 21.8. The van der Waals surface area contributed by atoms with Crippen LogP contribution in [-0.2, 0) is 6.42 Å². The minimum Gasteiger partial charge on any atom is -0.494 e. The van der Waals surface area contributed by atoms with Crippen molar-refractivity contribution in [3.8, 4) is 5.75 Å². The number of rotatable bonds is 5. The smallest absolute Gasteiger partial charge is 0.258 e. The van der Waals surface area contributed by atoms with E-state index in [0.717, 1.165) is 29.8 Å². The van der Waals surface area contributed by atoms with Crippen LogP contribution in [0.3, 0.4) is 0 Å². The van der Waals surface area contributed by atoms with Crippen molar-refractivity contribution in [1.29, 1.82) is 0 Å². The van der Waals surface area contributed by atoms with Gasteiger partial charge >= 0.3 is 0 Å². The third kappa shape index (κ3) is 4.72. The van der Waals surface area contributed by atoms with Gasteiger partial charge in [-0.05, 0) is 92.1 Å². The highest BCUT2D eigenvalue weighted by Crippen LogP contribution is 2.30. The second-order valence-electron chi connectivity index (χ2n) is 7.32. The lowest BCUT2D eigenvalue weighted by atomic mass is 9.98. The van der Waals surface area contributed by atoms with E-state index in [2.05, 4.69) is 5.32 Å². The van der Waals surface area contributed by atoms with Crippen molar-refractivity contribution >= 4 is 34.8 Å². The standard InChI is InChI=1S/C25H23ClN2O3/c1-2-31-22-12-10-21(11-13-22)27-24(29)19-7-14-23-18(16-19)4-3-15-28(23)25(30)17-5-8-20(26)9-6-17/h5-14,16H,2-4,15H2,1H3,(H,27,29). The molecule has 0 atom stereocenters. The van der Waals surface area contributed by atoms with E-state index in [4.69, 9.17) is 16.3 Å². The maximum absolute atomic E-state index is 13.0. The Balaban J connectivity index is 1.51. The number of benzene rings is 3. The highest BCUT2D eigenvalue weighted by molar-refractivity contribution is 6.30. The number of amides is 2. The summed E-state index contributed by atoms with van der Waals surface area (Å²) < 4.78 is 5.43. The Labute approximate surface area is 186 Å². The first-order valence-electron chi connectivity index (χ1n) is 10.3. The molecule has 2 amide bonds. The molecule has 0 aromatic heterocycles. The topological polar surface area (TPSA) is 58.6 Å². The highest BCUT2D eigenvalue weighted by Gasteiger charge is 2.24. The van der Waals surface area contributed by atoms with Gasteiger partial charge in [0.2, 0.25) is 0 Å². The second kappa shape index (κ2) is 9.23. The average Bonchev–Trinajstić information content (AvgIpc) is 2.80. The number of ether oxygens (including phenoxy) is 1. The number of carbonyl (C=O) groups is 2. The third-order valence-corrected chi connectivity index (χ3v) is 5.47. The number of hydrogen-bond donors (Lipinski definition) is 1. The fourth-order valence-corrected chi connectivity index (χ4v) is 3.83. The lowest BCUT2D eigenvalue weighted by Crippen LogP contribution is -2.35. The maximum atomic E-state index is 13.0. The summed E-state index contributed by atoms with van der Waals surface area (Å²) in [6, 6.07) is 19.7. The first-order valence-corrected chi connectivity index (χ1v) is 10.7. The van der Waals surface area contributed by atoms with Gasteiger partial charge in [-0.3, -0.25) is 9.59 Å². The Morgan fingerprint density at radius 2 is 1.71 bits per heavy atom. The van der Waals surface area contributed by atoms with Gasteiger partial charge in [0.1, 0.15) is 5.75 Å².